The minimum absolute atomic E-state index is 0.115. The zero-order chi connectivity index (χ0) is 21.3. The van der Waals surface area contributed by atoms with Gasteiger partial charge in [0.15, 0.2) is 0 Å². The number of rotatable bonds is 11. The van der Waals surface area contributed by atoms with E-state index >= 15 is 0 Å². The summed E-state index contributed by atoms with van der Waals surface area (Å²) in [6, 6.07) is 13.8. The van der Waals surface area contributed by atoms with Crippen molar-refractivity contribution in [2.75, 3.05) is 32.1 Å². The number of hydrogen-bond donors (Lipinski definition) is 1. The lowest BCUT2D eigenvalue weighted by atomic mass is 10.2. The van der Waals surface area contributed by atoms with Crippen LogP contribution in [0, 0.1) is 0 Å². The van der Waals surface area contributed by atoms with Gasteiger partial charge in [0.2, 0.25) is 15.9 Å². The van der Waals surface area contributed by atoms with E-state index < -0.39 is 10.0 Å². The van der Waals surface area contributed by atoms with Gasteiger partial charge in [0.1, 0.15) is 11.5 Å². The van der Waals surface area contributed by atoms with Crippen LogP contribution in [0.15, 0.2) is 53.4 Å². The van der Waals surface area contributed by atoms with Gasteiger partial charge in [-0.3, -0.25) is 4.79 Å². The fourth-order valence-corrected chi connectivity index (χ4v) is 4.29. The third-order valence-electron chi connectivity index (χ3n) is 4.35. The Labute approximate surface area is 172 Å². The maximum Gasteiger partial charge on any atom is 0.243 e. The molecule has 0 spiro atoms. The molecule has 0 heterocycles. The first-order chi connectivity index (χ1) is 13.9. The lowest BCUT2D eigenvalue weighted by molar-refractivity contribution is -0.116. The van der Waals surface area contributed by atoms with Crippen molar-refractivity contribution in [1.29, 1.82) is 0 Å². The quantitative estimate of drug-likeness (QED) is 0.562. The summed E-state index contributed by atoms with van der Waals surface area (Å²) in [7, 11) is -2.16. The number of nitrogens with one attached hydrogen (secondary N) is 1. The number of anilines is 1. The van der Waals surface area contributed by atoms with E-state index in [1.807, 2.05) is 30.3 Å². The van der Waals surface area contributed by atoms with E-state index in [0.29, 0.717) is 37.6 Å². The minimum Gasteiger partial charge on any atom is -0.495 e. The van der Waals surface area contributed by atoms with Crippen LogP contribution in [-0.4, -0.2) is 45.4 Å². The van der Waals surface area contributed by atoms with Crippen LogP contribution in [0.2, 0.25) is 0 Å². The normalized spacial score (nSPS) is 11.3. The Morgan fingerprint density at radius 2 is 1.76 bits per heavy atom. The standard InChI is InChI=1S/C21H28N2O5S/c1-4-23(5-2)29(25,26)18-13-14-20(27-3)19(16-18)22-21(24)12-9-15-28-17-10-7-6-8-11-17/h6-8,10-11,13-14,16H,4-5,9,12,15H2,1-3H3,(H,22,24). The number of methoxy groups -OCH3 is 1. The maximum absolute atomic E-state index is 12.7. The Bertz CT molecular complexity index is 897. The van der Waals surface area contributed by atoms with Gasteiger partial charge in [0.05, 0.1) is 24.3 Å². The number of sulfonamides is 1. The second-order valence-electron chi connectivity index (χ2n) is 6.26. The van der Waals surface area contributed by atoms with Crippen LogP contribution in [0.3, 0.4) is 0 Å². The number of benzene rings is 2. The molecule has 0 saturated heterocycles. The summed E-state index contributed by atoms with van der Waals surface area (Å²) in [6.07, 6.45) is 0.767. The number of hydrogen-bond acceptors (Lipinski definition) is 5. The molecule has 0 fully saturated rings. The Morgan fingerprint density at radius 1 is 1.07 bits per heavy atom. The average Bonchev–Trinajstić information content (AvgIpc) is 2.72. The van der Waals surface area contributed by atoms with Gasteiger partial charge in [0, 0.05) is 19.5 Å². The fourth-order valence-electron chi connectivity index (χ4n) is 2.81. The number of nitrogens with zero attached hydrogens (tertiary/aromatic N) is 1. The van der Waals surface area contributed by atoms with E-state index in [2.05, 4.69) is 5.32 Å². The predicted octanol–water partition coefficient (Wildman–Crippen LogP) is 3.52. The molecular weight excluding hydrogens is 392 g/mol. The Kier molecular flexibility index (Phi) is 8.48. The lowest BCUT2D eigenvalue weighted by Gasteiger charge is -2.19. The number of amides is 1. The van der Waals surface area contributed by atoms with E-state index in [1.54, 1.807) is 19.9 Å². The second kappa shape index (κ2) is 10.8. The fraction of sp³-hybridized carbons (Fsp3) is 0.381. The molecule has 0 unspecified atom stereocenters. The van der Waals surface area contributed by atoms with Gasteiger partial charge >= 0.3 is 0 Å². The summed E-state index contributed by atoms with van der Waals surface area (Å²) in [5.74, 6) is 0.915. The predicted molar refractivity (Wildman–Crippen MR) is 113 cm³/mol. The van der Waals surface area contributed by atoms with Gasteiger partial charge in [0.25, 0.3) is 0 Å². The summed E-state index contributed by atoms with van der Waals surface area (Å²) in [4.78, 5) is 12.4. The molecule has 8 heteroatoms. The van der Waals surface area contributed by atoms with Gasteiger partial charge < -0.3 is 14.8 Å². The zero-order valence-corrected chi connectivity index (χ0v) is 17.9. The molecular formula is C21H28N2O5S. The molecule has 0 atom stereocenters. The molecule has 2 aromatic rings. The average molecular weight is 421 g/mol. The molecule has 0 bridgehead atoms. The highest BCUT2D eigenvalue weighted by molar-refractivity contribution is 7.89. The molecule has 0 aliphatic heterocycles. The highest BCUT2D eigenvalue weighted by atomic mass is 32.2. The van der Waals surface area contributed by atoms with E-state index in [1.165, 1.54) is 23.5 Å². The molecule has 1 N–H and O–H groups in total. The molecule has 158 valence electrons. The molecule has 0 aromatic heterocycles. The maximum atomic E-state index is 12.7. The molecule has 0 aliphatic rings. The van der Waals surface area contributed by atoms with E-state index in [0.717, 1.165) is 5.75 Å². The van der Waals surface area contributed by atoms with E-state index in [4.69, 9.17) is 9.47 Å². The Balaban J connectivity index is 2.02. The van der Waals surface area contributed by atoms with Crippen LogP contribution >= 0.6 is 0 Å². The number of carbonyl (C=O) groups is 1. The van der Waals surface area contributed by atoms with Crippen LogP contribution in [0.4, 0.5) is 5.69 Å². The van der Waals surface area contributed by atoms with Crippen molar-refractivity contribution in [1.82, 2.24) is 4.31 Å². The summed E-state index contributed by atoms with van der Waals surface area (Å²) in [5.41, 5.74) is 0.328. The molecule has 2 aromatic carbocycles. The zero-order valence-electron chi connectivity index (χ0n) is 17.1. The lowest BCUT2D eigenvalue weighted by Crippen LogP contribution is -2.30. The third-order valence-corrected chi connectivity index (χ3v) is 6.39. The van der Waals surface area contributed by atoms with Gasteiger partial charge in [-0.25, -0.2) is 8.42 Å². The Hall–Kier alpha value is -2.58. The van der Waals surface area contributed by atoms with Crippen molar-refractivity contribution in [2.45, 2.75) is 31.6 Å². The summed E-state index contributed by atoms with van der Waals surface area (Å²) < 4.78 is 37.7. The summed E-state index contributed by atoms with van der Waals surface area (Å²) >= 11 is 0. The molecule has 1 amide bonds. The SMILES string of the molecule is CCN(CC)S(=O)(=O)c1ccc(OC)c(NC(=O)CCCOc2ccccc2)c1. The highest BCUT2D eigenvalue weighted by Crippen LogP contribution is 2.29. The van der Waals surface area contributed by atoms with Gasteiger partial charge in [-0.1, -0.05) is 32.0 Å². The Morgan fingerprint density at radius 3 is 2.38 bits per heavy atom. The summed E-state index contributed by atoms with van der Waals surface area (Å²) in [5, 5.41) is 2.75. The van der Waals surface area contributed by atoms with Gasteiger partial charge in [-0.2, -0.15) is 4.31 Å². The first-order valence-electron chi connectivity index (χ1n) is 9.58. The highest BCUT2D eigenvalue weighted by Gasteiger charge is 2.23. The van der Waals surface area contributed by atoms with E-state index in [-0.39, 0.29) is 17.2 Å². The number of para-hydroxylation sites is 1. The molecule has 0 saturated carbocycles. The van der Waals surface area contributed by atoms with Crippen molar-refractivity contribution in [3.8, 4) is 11.5 Å². The summed E-state index contributed by atoms with van der Waals surface area (Å²) in [6.45, 7) is 4.71. The number of carbonyl (C=O) groups excluding carboxylic acids is 1. The monoisotopic (exact) mass is 420 g/mol. The topological polar surface area (TPSA) is 84.9 Å². The van der Waals surface area contributed by atoms with Gasteiger partial charge in [-0.15, -0.1) is 0 Å². The number of ether oxygens (including phenoxy) is 2. The van der Waals surface area contributed by atoms with Crippen LogP contribution < -0.4 is 14.8 Å². The van der Waals surface area contributed by atoms with Crippen molar-refractivity contribution >= 4 is 21.6 Å². The second-order valence-corrected chi connectivity index (χ2v) is 8.20. The van der Waals surface area contributed by atoms with E-state index in [9.17, 15) is 13.2 Å². The third kappa shape index (κ3) is 6.20. The first-order valence-corrected chi connectivity index (χ1v) is 11.0. The van der Waals surface area contributed by atoms with Crippen molar-refractivity contribution in [3.63, 3.8) is 0 Å². The van der Waals surface area contributed by atoms with Crippen LogP contribution in [0.5, 0.6) is 11.5 Å². The van der Waals surface area contributed by atoms with Gasteiger partial charge in [-0.05, 0) is 36.8 Å². The smallest absolute Gasteiger partial charge is 0.243 e. The van der Waals surface area contributed by atoms with Crippen molar-refractivity contribution in [2.24, 2.45) is 0 Å². The minimum atomic E-state index is -3.63. The first kappa shape index (κ1) is 22.7. The molecule has 2 rings (SSSR count). The van der Waals surface area contributed by atoms with Crippen LogP contribution in [0.25, 0.3) is 0 Å². The van der Waals surface area contributed by atoms with Crippen molar-refractivity contribution in [3.05, 3.63) is 48.5 Å². The van der Waals surface area contributed by atoms with Crippen LogP contribution in [0.1, 0.15) is 26.7 Å². The van der Waals surface area contributed by atoms with Crippen molar-refractivity contribution < 1.29 is 22.7 Å². The molecule has 0 aliphatic carbocycles. The molecule has 0 radical (unpaired) electrons. The molecule has 29 heavy (non-hydrogen) atoms. The van der Waals surface area contributed by atoms with Crippen LogP contribution in [-0.2, 0) is 14.8 Å². The molecule has 7 nitrogen and oxygen atoms in total. The largest absolute Gasteiger partial charge is 0.495 e.